The van der Waals surface area contributed by atoms with Crippen LogP contribution in [0.15, 0.2) is 0 Å². The number of carboxylic acid groups (broad SMARTS) is 2. The number of Topliss-reactive ketones (excluding diaryl/α,β-unsaturated/α-hetero) is 2. The van der Waals surface area contributed by atoms with Crippen molar-refractivity contribution in [1.29, 1.82) is 0 Å². The van der Waals surface area contributed by atoms with Crippen LogP contribution in [-0.2, 0) is 45.4 Å². The third-order valence-electron chi connectivity index (χ3n) is 0.787. The van der Waals surface area contributed by atoms with E-state index in [1.165, 1.54) is 13.8 Å². The summed E-state index contributed by atoms with van der Waals surface area (Å²) in [6.07, 6.45) is -1.28. The van der Waals surface area contributed by atoms with Gasteiger partial charge in [-0.25, -0.2) is 0 Å². The molecule has 0 saturated heterocycles. The molecule has 0 aliphatic heterocycles. The molecule has 0 spiro atoms. The molecule has 0 rings (SSSR count). The largest absolute Gasteiger partial charge is 2.00 e. The molecule has 0 fully saturated rings. The maximum absolute atomic E-state index is 9.83. The molecule has 0 aliphatic rings. The molecular formula is C14H26O8Zr. The van der Waals surface area contributed by atoms with Crippen LogP contribution in [0, 0.1) is 0 Å². The third-order valence-corrected chi connectivity index (χ3v) is 0.787. The average molecular weight is 414 g/mol. The third kappa shape index (κ3) is 153. The second kappa shape index (κ2) is 23.4. The van der Waals surface area contributed by atoms with Crippen LogP contribution in [0.1, 0.15) is 54.4 Å². The minimum absolute atomic E-state index is 0. The zero-order valence-corrected chi connectivity index (χ0v) is 16.9. The summed E-state index contributed by atoms with van der Waals surface area (Å²) in [5, 5.41) is 35.1. The first kappa shape index (κ1) is 33.6. The average Bonchev–Trinajstić information content (AvgIpc) is 2.10. The molecule has 0 unspecified atom stereocenters. The van der Waals surface area contributed by atoms with E-state index in [4.69, 9.17) is 10.2 Å². The molecule has 9 heteroatoms. The van der Waals surface area contributed by atoms with E-state index in [2.05, 4.69) is 0 Å². The molecule has 0 aromatic carbocycles. The molecule has 0 aromatic heterocycles. The van der Waals surface area contributed by atoms with Crippen LogP contribution in [0.25, 0.3) is 0 Å². The molecule has 0 heterocycles. The first-order chi connectivity index (χ1) is 9.72. The number of carbonyl (C=O) groups excluding carboxylic acids is 4. The van der Waals surface area contributed by atoms with E-state index in [-0.39, 0.29) is 50.0 Å². The van der Waals surface area contributed by atoms with Gasteiger partial charge >= 0.3 is 26.2 Å². The molecule has 0 saturated carbocycles. The first-order valence-electron chi connectivity index (χ1n) is 6.46. The van der Waals surface area contributed by atoms with Gasteiger partial charge in [0.1, 0.15) is 11.6 Å². The van der Waals surface area contributed by atoms with Gasteiger partial charge in [0.2, 0.25) is 0 Å². The zero-order chi connectivity index (χ0) is 18.9. The Hall–Kier alpha value is -0.917. The van der Waals surface area contributed by atoms with Gasteiger partial charge in [-0.15, -0.1) is 0 Å². The molecule has 0 amide bonds. The van der Waals surface area contributed by atoms with Crippen molar-refractivity contribution in [3.63, 3.8) is 0 Å². The number of hydrogen-bond acceptors (Lipinski definition) is 8. The second-order valence-electron chi connectivity index (χ2n) is 4.69. The number of rotatable bonds is 4. The van der Waals surface area contributed by atoms with Crippen LogP contribution in [0.3, 0.4) is 0 Å². The summed E-state index contributed by atoms with van der Waals surface area (Å²) >= 11 is 0. The summed E-state index contributed by atoms with van der Waals surface area (Å²) in [5.74, 6) is -3.37. The molecule has 0 radical (unpaired) electrons. The smallest absolute Gasteiger partial charge is 0.550 e. The summed E-state index contributed by atoms with van der Waals surface area (Å²) in [6, 6.07) is 0. The minimum atomic E-state index is -1.31. The van der Waals surface area contributed by atoms with E-state index in [9.17, 15) is 29.4 Å². The fourth-order valence-electron chi connectivity index (χ4n) is 0.407. The summed E-state index contributed by atoms with van der Waals surface area (Å²) in [5.41, 5.74) is 0. The Balaban J connectivity index is -0.0000000639. The van der Waals surface area contributed by atoms with Gasteiger partial charge in [-0.1, -0.05) is 0 Å². The van der Waals surface area contributed by atoms with Crippen molar-refractivity contribution in [1.82, 2.24) is 0 Å². The van der Waals surface area contributed by atoms with Crippen molar-refractivity contribution in [3.8, 4) is 0 Å². The van der Waals surface area contributed by atoms with E-state index in [1.807, 2.05) is 0 Å². The summed E-state index contributed by atoms with van der Waals surface area (Å²) in [6.45, 7) is 9.30. The predicted octanol–water partition coefficient (Wildman–Crippen LogP) is -1.80. The van der Waals surface area contributed by atoms with E-state index in [0.29, 0.717) is 0 Å². The molecule has 8 nitrogen and oxygen atoms in total. The van der Waals surface area contributed by atoms with Gasteiger partial charge in [0.15, 0.2) is 0 Å². The number of hydrogen-bond donors (Lipinski definition) is 2. The maximum atomic E-state index is 9.83. The normalized spacial score (nSPS) is 8.09. The Morgan fingerprint density at radius 3 is 0.870 bits per heavy atom. The van der Waals surface area contributed by atoms with Crippen molar-refractivity contribution in [2.45, 2.75) is 66.6 Å². The van der Waals surface area contributed by atoms with E-state index in [1.54, 1.807) is 27.7 Å². The molecule has 0 aromatic rings. The molecule has 0 atom stereocenters. The van der Waals surface area contributed by atoms with Crippen molar-refractivity contribution < 1.29 is 65.8 Å². The maximum Gasteiger partial charge on any atom is 2.00 e. The van der Waals surface area contributed by atoms with Crippen molar-refractivity contribution >= 4 is 23.5 Å². The molecule has 23 heavy (non-hydrogen) atoms. The van der Waals surface area contributed by atoms with Crippen LogP contribution < -0.4 is 10.2 Å². The van der Waals surface area contributed by atoms with Crippen molar-refractivity contribution in [2.75, 3.05) is 0 Å². The standard InChI is InChI=1S/2C4H6O3.2C3H8O.Zr/c2*1-3(5)2-4(6)7;2*1-3(2)4;/h2*2H2,1H3,(H,6,7);2*3-4H,1-2H3;/q;;;;+2/p-2. The fourth-order valence-corrected chi connectivity index (χ4v) is 0.407. The zero-order valence-electron chi connectivity index (χ0n) is 14.4. The SMILES string of the molecule is CC(=O)CC(=O)[O-].CC(=O)CC(=O)[O-].CC(C)O.CC(C)O.[Zr+2]. The van der Waals surface area contributed by atoms with Crippen molar-refractivity contribution in [3.05, 3.63) is 0 Å². The number of aliphatic hydroxyl groups excluding tert-OH is 2. The Labute approximate surface area is 156 Å². The van der Waals surface area contributed by atoms with E-state index in [0.717, 1.165) is 0 Å². The molecule has 0 bridgehead atoms. The van der Waals surface area contributed by atoms with Gasteiger partial charge in [-0.05, 0) is 41.5 Å². The van der Waals surface area contributed by atoms with Gasteiger partial charge in [0, 0.05) is 37.0 Å². The molecular weight excluding hydrogens is 387 g/mol. The van der Waals surface area contributed by atoms with Gasteiger partial charge in [0.25, 0.3) is 0 Å². The number of aliphatic hydroxyl groups is 2. The molecule has 2 N–H and O–H groups in total. The van der Waals surface area contributed by atoms with Gasteiger partial charge in [0.05, 0.1) is 0 Å². The minimum Gasteiger partial charge on any atom is -0.550 e. The Morgan fingerprint density at radius 1 is 0.739 bits per heavy atom. The topological polar surface area (TPSA) is 155 Å². The van der Waals surface area contributed by atoms with Crippen molar-refractivity contribution in [2.24, 2.45) is 0 Å². The van der Waals surface area contributed by atoms with Gasteiger partial charge < -0.3 is 30.0 Å². The fraction of sp³-hybridized carbons (Fsp3) is 0.714. The summed E-state index contributed by atoms with van der Waals surface area (Å²) in [4.78, 5) is 38.6. The van der Waals surface area contributed by atoms with Crippen LogP contribution in [0.5, 0.6) is 0 Å². The summed E-state index contributed by atoms with van der Waals surface area (Å²) < 4.78 is 0. The Kier molecular flexibility index (Phi) is 34.1. The Morgan fingerprint density at radius 2 is 0.870 bits per heavy atom. The Bertz CT molecular complexity index is 265. The van der Waals surface area contributed by atoms with E-state index < -0.39 is 24.8 Å². The first-order valence-corrected chi connectivity index (χ1v) is 6.46. The van der Waals surface area contributed by atoms with Crippen LogP contribution in [-0.4, -0.2) is 45.9 Å². The van der Waals surface area contributed by atoms with Crippen LogP contribution in [0.2, 0.25) is 0 Å². The van der Waals surface area contributed by atoms with Crippen LogP contribution in [0.4, 0.5) is 0 Å². The summed E-state index contributed by atoms with van der Waals surface area (Å²) in [7, 11) is 0. The quantitative estimate of drug-likeness (QED) is 0.512. The van der Waals surface area contributed by atoms with Gasteiger partial charge in [-0.3, -0.25) is 9.59 Å². The van der Waals surface area contributed by atoms with Gasteiger partial charge in [-0.2, -0.15) is 0 Å². The molecule has 0 aliphatic carbocycles. The second-order valence-corrected chi connectivity index (χ2v) is 4.69. The number of carboxylic acids is 2. The molecule has 134 valence electrons. The van der Waals surface area contributed by atoms with Crippen LogP contribution >= 0.6 is 0 Å². The number of carbonyl (C=O) groups is 4. The number of ketones is 2. The number of aliphatic carboxylic acids is 2. The predicted molar refractivity (Wildman–Crippen MR) is 75.3 cm³/mol. The monoisotopic (exact) mass is 412 g/mol. The van der Waals surface area contributed by atoms with E-state index >= 15 is 0 Å².